The number of benzene rings is 1. The van der Waals surface area contributed by atoms with E-state index in [2.05, 4.69) is 10.2 Å². The quantitative estimate of drug-likeness (QED) is 0.854. The van der Waals surface area contributed by atoms with E-state index in [1.54, 1.807) is 17.5 Å². The molecule has 3 rings (SSSR count). The van der Waals surface area contributed by atoms with E-state index in [1.165, 1.54) is 17.4 Å². The first-order valence-corrected chi connectivity index (χ1v) is 8.63. The molecule has 3 N–H and O–H groups in total. The van der Waals surface area contributed by atoms with Crippen LogP contribution in [0.5, 0.6) is 0 Å². The smallest absolute Gasteiger partial charge is 0.249 e. The normalized spacial score (nSPS) is 14.4. The molecule has 0 radical (unpaired) electrons. The Morgan fingerprint density at radius 1 is 1.30 bits per heavy atom. The van der Waals surface area contributed by atoms with Gasteiger partial charge in [-0.15, -0.1) is 11.3 Å². The minimum Gasteiger partial charge on any atom is -0.371 e. The number of nitrogens with one attached hydrogen (secondary N) is 1. The van der Waals surface area contributed by atoms with E-state index in [4.69, 9.17) is 5.73 Å². The molecule has 0 spiro atoms. The van der Waals surface area contributed by atoms with Crippen LogP contribution in [0.2, 0.25) is 0 Å². The molecular weight excluding hydrogens is 313 g/mol. The van der Waals surface area contributed by atoms with E-state index in [0.29, 0.717) is 24.2 Å². The molecule has 0 atom stereocenters. The Labute approximate surface area is 139 Å². The van der Waals surface area contributed by atoms with Crippen molar-refractivity contribution < 1.29 is 9.18 Å². The van der Waals surface area contributed by atoms with Crippen molar-refractivity contribution in [1.82, 2.24) is 5.32 Å². The third-order valence-corrected chi connectivity index (χ3v) is 5.02. The summed E-state index contributed by atoms with van der Waals surface area (Å²) in [6, 6.07) is 7.04. The SMILES string of the molecule is NC(=O)c1csc(CNCc2c(F)cccc2N2CCCC2)c1. The Morgan fingerprint density at radius 2 is 2.09 bits per heavy atom. The number of rotatable bonds is 6. The van der Waals surface area contributed by atoms with Gasteiger partial charge in [-0.05, 0) is 31.0 Å². The van der Waals surface area contributed by atoms with Crippen LogP contribution in [0.25, 0.3) is 0 Å². The lowest BCUT2D eigenvalue weighted by Crippen LogP contribution is -2.22. The van der Waals surface area contributed by atoms with Crippen molar-refractivity contribution in [2.45, 2.75) is 25.9 Å². The highest BCUT2D eigenvalue weighted by atomic mass is 32.1. The number of thiophene rings is 1. The molecule has 6 heteroatoms. The largest absolute Gasteiger partial charge is 0.371 e. The predicted octanol–water partition coefficient (Wildman–Crippen LogP) is 2.88. The van der Waals surface area contributed by atoms with E-state index < -0.39 is 5.91 Å². The van der Waals surface area contributed by atoms with Crippen molar-refractivity contribution >= 4 is 22.9 Å². The van der Waals surface area contributed by atoms with Gasteiger partial charge in [0.25, 0.3) is 0 Å². The summed E-state index contributed by atoms with van der Waals surface area (Å²) in [7, 11) is 0. The van der Waals surface area contributed by atoms with Crippen LogP contribution in [0.15, 0.2) is 29.6 Å². The summed E-state index contributed by atoms with van der Waals surface area (Å²) >= 11 is 1.48. The fourth-order valence-corrected chi connectivity index (χ4v) is 3.73. The number of anilines is 1. The molecule has 1 aromatic heterocycles. The molecule has 0 unspecified atom stereocenters. The number of hydrogen-bond acceptors (Lipinski definition) is 4. The standard InChI is InChI=1S/C17H20FN3OS/c18-15-4-3-5-16(21-6-1-2-7-21)14(15)10-20-9-13-8-12(11-23-13)17(19)22/h3-5,8,11,20H,1-2,6-7,9-10H2,(H2,19,22). The van der Waals surface area contributed by atoms with Gasteiger partial charge in [0.05, 0.1) is 5.56 Å². The second-order valence-electron chi connectivity index (χ2n) is 5.70. The first-order chi connectivity index (χ1) is 11.1. The molecule has 0 saturated carbocycles. The summed E-state index contributed by atoms with van der Waals surface area (Å²) in [6.07, 6.45) is 2.32. The minimum absolute atomic E-state index is 0.175. The van der Waals surface area contributed by atoms with Crippen LogP contribution in [-0.2, 0) is 13.1 Å². The summed E-state index contributed by atoms with van der Waals surface area (Å²) in [5.74, 6) is -0.594. The summed E-state index contributed by atoms with van der Waals surface area (Å²) in [4.78, 5) is 14.4. The fourth-order valence-electron chi connectivity index (χ4n) is 2.89. The van der Waals surface area contributed by atoms with Gasteiger partial charge in [-0.2, -0.15) is 0 Å². The molecule has 1 aliphatic heterocycles. The van der Waals surface area contributed by atoms with Crippen molar-refractivity contribution in [3.63, 3.8) is 0 Å². The fraction of sp³-hybridized carbons (Fsp3) is 0.353. The minimum atomic E-state index is -0.419. The number of nitrogens with zero attached hydrogens (tertiary/aromatic N) is 1. The maximum atomic E-state index is 14.2. The molecule has 1 fully saturated rings. The van der Waals surface area contributed by atoms with E-state index in [-0.39, 0.29) is 5.82 Å². The Kier molecular flexibility index (Phi) is 4.93. The molecule has 1 saturated heterocycles. The Hall–Kier alpha value is -1.92. The topological polar surface area (TPSA) is 58.4 Å². The third kappa shape index (κ3) is 3.71. The van der Waals surface area contributed by atoms with Gasteiger partial charge >= 0.3 is 0 Å². The van der Waals surface area contributed by atoms with Crippen LogP contribution in [0.1, 0.15) is 33.6 Å². The number of halogens is 1. The highest BCUT2D eigenvalue weighted by Crippen LogP contribution is 2.26. The molecule has 1 aromatic carbocycles. The molecule has 23 heavy (non-hydrogen) atoms. The van der Waals surface area contributed by atoms with Gasteiger partial charge < -0.3 is 16.0 Å². The van der Waals surface area contributed by atoms with Crippen molar-refractivity contribution in [3.05, 3.63) is 51.5 Å². The highest BCUT2D eigenvalue weighted by molar-refractivity contribution is 7.10. The molecule has 122 valence electrons. The van der Waals surface area contributed by atoms with Crippen molar-refractivity contribution in [3.8, 4) is 0 Å². The van der Waals surface area contributed by atoms with Gasteiger partial charge in [-0.25, -0.2) is 4.39 Å². The second kappa shape index (κ2) is 7.10. The molecular formula is C17H20FN3OS. The number of amides is 1. The van der Waals surface area contributed by atoms with Gasteiger partial charge in [0.15, 0.2) is 0 Å². The van der Waals surface area contributed by atoms with Crippen molar-refractivity contribution in [2.75, 3.05) is 18.0 Å². The van der Waals surface area contributed by atoms with Crippen LogP contribution < -0.4 is 16.0 Å². The van der Waals surface area contributed by atoms with Gasteiger partial charge in [-0.1, -0.05) is 6.07 Å². The summed E-state index contributed by atoms with van der Waals surface area (Å²) in [6.45, 7) is 3.03. The molecule has 2 heterocycles. The zero-order chi connectivity index (χ0) is 16.2. The lowest BCUT2D eigenvalue weighted by atomic mass is 10.1. The van der Waals surface area contributed by atoms with Crippen LogP contribution in [-0.4, -0.2) is 19.0 Å². The van der Waals surface area contributed by atoms with E-state index in [9.17, 15) is 9.18 Å². The number of primary amides is 1. The maximum absolute atomic E-state index is 14.2. The van der Waals surface area contributed by atoms with Crippen LogP contribution in [0.4, 0.5) is 10.1 Å². The van der Waals surface area contributed by atoms with Crippen LogP contribution in [0.3, 0.4) is 0 Å². The molecule has 1 aliphatic rings. The van der Waals surface area contributed by atoms with Gasteiger partial charge in [-0.3, -0.25) is 4.79 Å². The monoisotopic (exact) mass is 333 g/mol. The molecule has 4 nitrogen and oxygen atoms in total. The zero-order valence-electron chi connectivity index (χ0n) is 12.8. The van der Waals surface area contributed by atoms with E-state index in [0.717, 1.165) is 36.5 Å². The Balaban J connectivity index is 1.66. The lowest BCUT2D eigenvalue weighted by Gasteiger charge is -2.22. The first-order valence-electron chi connectivity index (χ1n) is 7.75. The number of carbonyl (C=O) groups is 1. The van der Waals surface area contributed by atoms with Gasteiger partial charge in [0, 0.05) is 47.7 Å². The molecule has 0 aliphatic carbocycles. The molecule has 0 bridgehead atoms. The number of carbonyl (C=O) groups excluding carboxylic acids is 1. The van der Waals surface area contributed by atoms with Gasteiger partial charge in [0.1, 0.15) is 5.82 Å². The summed E-state index contributed by atoms with van der Waals surface area (Å²) < 4.78 is 14.2. The predicted molar refractivity (Wildman–Crippen MR) is 91.2 cm³/mol. The number of nitrogens with two attached hydrogens (primary N) is 1. The summed E-state index contributed by atoms with van der Waals surface area (Å²) in [5.41, 5.74) is 7.47. The summed E-state index contributed by atoms with van der Waals surface area (Å²) in [5, 5.41) is 5.01. The van der Waals surface area contributed by atoms with E-state index >= 15 is 0 Å². The molecule has 1 amide bonds. The lowest BCUT2D eigenvalue weighted by molar-refractivity contribution is 0.100. The average molecular weight is 333 g/mol. The van der Waals surface area contributed by atoms with Crippen molar-refractivity contribution in [2.24, 2.45) is 5.73 Å². The molecule has 2 aromatic rings. The van der Waals surface area contributed by atoms with E-state index in [1.807, 2.05) is 6.07 Å². The van der Waals surface area contributed by atoms with Crippen LogP contribution in [0, 0.1) is 5.82 Å². The average Bonchev–Trinajstić information content (AvgIpc) is 3.19. The number of hydrogen-bond donors (Lipinski definition) is 2. The van der Waals surface area contributed by atoms with Crippen molar-refractivity contribution in [1.29, 1.82) is 0 Å². The van der Waals surface area contributed by atoms with Gasteiger partial charge in [0.2, 0.25) is 5.91 Å². The Bertz CT molecular complexity index is 695. The van der Waals surface area contributed by atoms with Crippen LogP contribution >= 0.6 is 11.3 Å². The Morgan fingerprint density at radius 3 is 2.78 bits per heavy atom. The maximum Gasteiger partial charge on any atom is 0.249 e. The first kappa shape index (κ1) is 16.0. The zero-order valence-corrected chi connectivity index (χ0v) is 13.7. The highest BCUT2D eigenvalue weighted by Gasteiger charge is 2.17. The third-order valence-electron chi connectivity index (χ3n) is 4.08. The second-order valence-corrected chi connectivity index (χ2v) is 6.70.